The number of nitrogens with zero attached hydrogens (tertiary/aromatic N) is 1. The van der Waals surface area contributed by atoms with Gasteiger partial charge >= 0.3 is 0 Å². The van der Waals surface area contributed by atoms with Crippen molar-refractivity contribution in [3.05, 3.63) is 75.9 Å². The maximum absolute atomic E-state index is 10.9. The Balaban J connectivity index is 1.76. The number of non-ortho nitro benzene ring substituents is 1. The summed E-state index contributed by atoms with van der Waals surface area (Å²) in [5.74, 6) is 1.58. The molecular weight excluding hydrogens is 304 g/mol. The third-order valence-electron chi connectivity index (χ3n) is 5.04. The Morgan fingerprint density at radius 2 is 2.00 bits per heavy atom. The maximum Gasteiger partial charge on any atom is 0.269 e. The topological polar surface area (TPSA) is 64.4 Å². The molecule has 5 heteroatoms. The van der Waals surface area contributed by atoms with Crippen LogP contribution < -0.4 is 10.1 Å². The van der Waals surface area contributed by atoms with Crippen molar-refractivity contribution < 1.29 is 9.66 Å². The standard InChI is InChI=1S/C19H18N2O3/c1-24-17-7-3-6-16-14-4-2-5-15(14)18(20-19(16)17)12-8-10-13(11-9-12)21(22)23/h2-4,6-11,14-15,18,20H,5H2,1H3/t14-,15-,18-/m0/s1. The number of fused-ring (bicyclic) bond motifs is 3. The second-order valence-electron chi connectivity index (χ2n) is 6.25. The van der Waals surface area contributed by atoms with Crippen LogP contribution in [0.25, 0.3) is 0 Å². The van der Waals surface area contributed by atoms with Gasteiger partial charge in [-0.15, -0.1) is 0 Å². The van der Waals surface area contributed by atoms with Gasteiger partial charge in [0.05, 0.1) is 23.8 Å². The van der Waals surface area contributed by atoms with E-state index in [-0.39, 0.29) is 16.7 Å². The molecule has 24 heavy (non-hydrogen) atoms. The summed E-state index contributed by atoms with van der Waals surface area (Å²) in [5.41, 5.74) is 3.46. The van der Waals surface area contributed by atoms with E-state index < -0.39 is 0 Å². The molecule has 0 saturated carbocycles. The molecule has 3 atom stereocenters. The number of benzene rings is 2. The number of ether oxygens (including phenoxy) is 1. The summed E-state index contributed by atoms with van der Waals surface area (Å²) in [4.78, 5) is 10.5. The van der Waals surface area contributed by atoms with E-state index in [2.05, 4.69) is 23.5 Å². The summed E-state index contributed by atoms with van der Waals surface area (Å²) in [6, 6.07) is 13.1. The number of methoxy groups -OCH3 is 1. The molecule has 0 spiro atoms. The van der Waals surface area contributed by atoms with Crippen LogP contribution in [-0.4, -0.2) is 12.0 Å². The lowest BCUT2D eigenvalue weighted by Crippen LogP contribution is -2.29. The van der Waals surface area contributed by atoms with Gasteiger partial charge in [-0.3, -0.25) is 10.1 Å². The van der Waals surface area contributed by atoms with Crippen molar-refractivity contribution in [3.8, 4) is 5.75 Å². The second kappa shape index (κ2) is 5.67. The average molecular weight is 322 g/mol. The number of rotatable bonds is 3. The average Bonchev–Trinajstić information content (AvgIpc) is 3.10. The van der Waals surface area contributed by atoms with Crippen molar-refractivity contribution in [2.45, 2.75) is 18.4 Å². The molecule has 2 aliphatic rings. The SMILES string of the molecule is COc1cccc2c1N[C@@H](c1ccc([N+](=O)[O-])cc1)[C@H]1CC=C[C@H]21. The first-order valence-corrected chi connectivity index (χ1v) is 8.03. The summed E-state index contributed by atoms with van der Waals surface area (Å²) < 4.78 is 5.52. The first-order chi connectivity index (χ1) is 11.7. The Morgan fingerprint density at radius 3 is 2.71 bits per heavy atom. The Bertz CT molecular complexity index is 814. The van der Waals surface area contributed by atoms with Gasteiger partial charge in [0.25, 0.3) is 5.69 Å². The van der Waals surface area contributed by atoms with Crippen LogP contribution in [0.5, 0.6) is 5.75 Å². The lowest BCUT2D eigenvalue weighted by atomic mass is 9.77. The quantitative estimate of drug-likeness (QED) is 0.516. The van der Waals surface area contributed by atoms with Gasteiger partial charge in [-0.2, -0.15) is 0 Å². The van der Waals surface area contributed by atoms with Crippen LogP contribution in [0.4, 0.5) is 11.4 Å². The molecule has 0 radical (unpaired) electrons. The number of allylic oxidation sites excluding steroid dienone is 2. The lowest BCUT2D eigenvalue weighted by Gasteiger charge is -2.38. The zero-order valence-corrected chi connectivity index (χ0v) is 13.3. The van der Waals surface area contributed by atoms with Crippen molar-refractivity contribution in [1.82, 2.24) is 0 Å². The van der Waals surface area contributed by atoms with Crippen molar-refractivity contribution in [1.29, 1.82) is 0 Å². The molecule has 1 heterocycles. The minimum absolute atomic E-state index is 0.106. The molecule has 1 aliphatic heterocycles. The van der Waals surface area contributed by atoms with Crippen molar-refractivity contribution in [3.63, 3.8) is 0 Å². The first-order valence-electron chi connectivity index (χ1n) is 8.03. The van der Waals surface area contributed by atoms with Crippen LogP contribution in [0.1, 0.15) is 29.5 Å². The highest BCUT2D eigenvalue weighted by Gasteiger charge is 2.38. The largest absolute Gasteiger partial charge is 0.495 e. The third-order valence-corrected chi connectivity index (χ3v) is 5.04. The number of anilines is 1. The summed E-state index contributed by atoms with van der Waals surface area (Å²) in [6.07, 6.45) is 5.49. The Hall–Kier alpha value is -2.82. The van der Waals surface area contributed by atoms with E-state index in [0.29, 0.717) is 11.8 Å². The third kappa shape index (κ3) is 2.24. The summed E-state index contributed by atoms with van der Waals surface area (Å²) >= 11 is 0. The zero-order chi connectivity index (χ0) is 16.7. The molecule has 122 valence electrons. The minimum atomic E-state index is -0.365. The number of hydrogen-bond acceptors (Lipinski definition) is 4. The molecule has 0 saturated heterocycles. The second-order valence-corrected chi connectivity index (χ2v) is 6.25. The molecule has 4 rings (SSSR count). The van der Waals surface area contributed by atoms with E-state index in [0.717, 1.165) is 23.4 Å². The zero-order valence-electron chi connectivity index (χ0n) is 13.3. The normalized spacial score (nSPS) is 24.0. The molecule has 0 bridgehead atoms. The smallest absolute Gasteiger partial charge is 0.269 e. The van der Waals surface area contributed by atoms with Gasteiger partial charge in [-0.25, -0.2) is 0 Å². The van der Waals surface area contributed by atoms with Crippen molar-refractivity contribution in [2.24, 2.45) is 5.92 Å². The van der Waals surface area contributed by atoms with Gasteiger partial charge < -0.3 is 10.1 Å². The highest BCUT2D eigenvalue weighted by atomic mass is 16.6. The molecule has 1 aliphatic carbocycles. The van der Waals surface area contributed by atoms with Crippen LogP contribution in [0, 0.1) is 16.0 Å². The van der Waals surface area contributed by atoms with Crippen LogP contribution in [0.3, 0.4) is 0 Å². The Kier molecular flexibility index (Phi) is 3.49. The van der Waals surface area contributed by atoms with Gasteiger partial charge in [0.15, 0.2) is 0 Å². The molecular formula is C19H18N2O3. The highest BCUT2D eigenvalue weighted by molar-refractivity contribution is 5.67. The molecule has 0 amide bonds. The van der Waals surface area contributed by atoms with E-state index in [9.17, 15) is 10.1 Å². The van der Waals surface area contributed by atoms with Crippen molar-refractivity contribution in [2.75, 3.05) is 12.4 Å². The minimum Gasteiger partial charge on any atom is -0.495 e. The van der Waals surface area contributed by atoms with E-state index >= 15 is 0 Å². The van der Waals surface area contributed by atoms with Gasteiger partial charge in [0.1, 0.15) is 5.75 Å². The van der Waals surface area contributed by atoms with Gasteiger partial charge in [-0.1, -0.05) is 36.4 Å². The number of nitro benzene ring substituents is 1. The van der Waals surface area contributed by atoms with Crippen LogP contribution in [-0.2, 0) is 0 Å². The fourth-order valence-corrected chi connectivity index (χ4v) is 3.90. The molecule has 0 aromatic heterocycles. The fourth-order valence-electron chi connectivity index (χ4n) is 3.90. The van der Waals surface area contributed by atoms with E-state index in [4.69, 9.17) is 4.74 Å². The summed E-state index contributed by atoms with van der Waals surface area (Å²) in [6.45, 7) is 0. The van der Waals surface area contributed by atoms with E-state index in [1.807, 2.05) is 24.3 Å². The monoisotopic (exact) mass is 322 g/mol. The van der Waals surface area contributed by atoms with E-state index in [1.165, 1.54) is 5.56 Å². The highest BCUT2D eigenvalue weighted by Crippen LogP contribution is 2.52. The summed E-state index contributed by atoms with van der Waals surface area (Å²) in [5, 5.41) is 14.5. The van der Waals surface area contributed by atoms with Gasteiger partial charge in [-0.05, 0) is 29.5 Å². The first kappa shape index (κ1) is 14.8. The predicted molar refractivity (Wildman–Crippen MR) is 92.4 cm³/mol. The Labute approximate surface area is 140 Å². The predicted octanol–water partition coefficient (Wildman–Crippen LogP) is 4.43. The number of nitrogens with one attached hydrogen (secondary N) is 1. The lowest BCUT2D eigenvalue weighted by molar-refractivity contribution is -0.384. The van der Waals surface area contributed by atoms with Crippen molar-refractivity contribution >= 4 is 11.4 Å². The summed E-state index contributed by atoms with van der Waals surface area (Å²) in [7, 11) is 1.68. The molecule has 0 unspecified atom stereocenters. The Morgan fingerprint density at radius 1 is 1.21 bits per heavy atom. The molecule has 0 fully saturated rings. The van der Waals surface area contributed by atoms with Crippen LogP contribution in [0.2, 0.25) is 0 Å². The number of hydrogen-bond donors (Lipinski definition) is 1. The number of nitro groups is 1. The molecule has 5 nitrogen and oxygen atoms in total. The van der Waals surface area contributed by atoms with Gasteiger partial charge in [0, 0.05) is 18.1 Å². The molecule has 2 aromatic carbocycles. The van der Waals surface area contributed by atoms with Crippen LogP contribution in [0.15, 0.2) is 54.6 Å². The van der Waals surface area contributed by atoms with Crippen LogP contribution >= 0.6 is 0 Å². The van der Waals surface area contributed by atoms with Gasteiger partial charge in [0.2, 0.25) is 0 Å². The van der Waals surface area contributed by atoms with E-state index in [1.54, 1.807) is 19.2 Å². The molecule has 1 N–H and O–H groups in total. The molecule has 2 aromatic rings. The fraction of sp³-hybridized carbons (Fsp3) is 0.263. The number of para-hydroxylation sites is 1. The maximum atomic E-state index is 10.9.